The van der Waals surface area contributed by atoms with Crippen molar-refractivity contribution in [3.63, 3.8) is 0 Å². The molecule has 78 valence electrons. The number of aromatic amines is 1. The molecule has 0 radical (unpaired) electrons. The Morgan fingerprint density at radius 1 is 1.43 bits per heavy atom. The molecule has 1 fully saturated rings. The van der Waals surface area contributed by atoms with E-state index in [0.29, 0.717) is 11.8 Å². The lowest BCUT2D eigenvalue weighted by molar-refractivity contribution is 0.397. The molecule has 0 spiro atoms. The SMILES string of the molecule is CC(C)CC1CNCC1c1nn[nH]n1. The summed E-state index contributed by atoms with van der Waals surface area (Å²) in [7, 11) is 0. The fourth-order valence-corrected chi connectivity index (χ4v) is 2.21. The molecule has 1 saturated heterocycles. The van der Waals surface area contributed by atoms with E-state index in [2.05, 4.69) is 39.8 Å². The van der Waals surface area contributed by atoms with Crippen molar-refractivity contribution in [2.24, 2.45) is 11.8 Å². The summed E-state index contributed by atoms with van der Waals surface area (Å²) in [4.78, 5) is 0. The van der Waals surface area contributed by atoms with Crippen LogP contribution >= 0.6 is 0 Å². The number of H-pyrrole nitrogens is 1. The summed E-state index contributed by atoms with van der Waals surface area (Å²) in [5, 5.41) is 17.7. The van der Waals surface area contributed by atoms with Gasteiger partial charge in [0.05, 0.1) is 0 Å². The Morgan fingerprint density at radius 2 is 2.29 bits per heavy atom. The van der Waals surface area contributed by atoms with Gasteiger partial charge in [0.2, 0.25) is 0 Å². The predicted molar refractivity (Wildman–Crippen MR) is 52.7 cm³/mol. The van der Waals surface area contributed by atoms with E-state index >= 15 is 0 Å². The first-order valence-corrected chi connectivity index (χ1v) is 5.21. The van der Waals surface area contributed by atoms with Gasteiger partial charge >= 0.3 is 0 Å². The van der Waals surface area contributed by atoms with Crippen molar-refractivity contribution in [3.8, 4) is 0 Å². The molecule has 0 aromatic carbocycles. The van der Waals surface area contributed by atoms with Crippen molar-refractivity contribution in [1.82, 2.24) is 25.9 Å². The van der Waals surface area contributed by atoms with Gasteiger partial charge in [-0.25, -0.2) is 0 Å². The molecule has 0 amide bonds. The Bertz CT molecular complexity index is 269. The number of nitrogens with one attached hydrogen (secondary N) is 2. The van der Waals surface area contributed by atoms with Gasteiger partial charge in [0, 0.05) is 12.5 Å². The van der Waals surface area contributed by atoms with Gasteiger partial charge in [-0.05, 0) is 24.8 Å². The molecule has 5 heteroatoms. The number of tetrazole rings is 1. The Hall–Kier alpha value is -0.970. The van der Waals surface area contributed by atoms with Crippen LogP contribution in [-0.4, -0.2) is 33.7 Å². The lowest BCUT2D eigenvalue weighted by Crippen LogP contribution is -2.14. The van der Waals surface area contributed by atoms with Crippen LogP contribution in [0.25, 0.3) is 0 Å². The predicted octanol–water partition coefficient (Wildman–Crippen LogP) is 0.549. The maximum absolute atomic E-state index is 4.07. The van der Waals surface area contributed by atoms with Crippen LogP contribution in [-0.2, 0) is 0 Å². The van der Waals surface area contributed by atoms with Crippen LogP contribution in [0.5, 0.6) is 0 Å². The smallest absolute Gasteiger partial charge is 0.179 e. The molecule has 0 bridgehead atoms. The zero-order chi connectivity index (χ0) is 9.97. The molecule has 1 aliphatic rings. The van der Waals surface area contributed by atoms with Gasteiger partial charge in [-0.2, -0.15) is 5.21 Å². The molecule has 1 aliphatic heterocycles. The van der Waals surface area contributed by atoms with Crippen LogP contribution in [0.15, 0.2) is 0 Å². The number of hydrogen-bond acceptors (Lipinski definition) is 4. The zero-order valence-corrected chi connectivity index (χ0v) is 8.70. The lowest BCUT2D eigenvalue weighted by Gasteiger charge is -2.16. The average molecular weight is 195 g/mol. The van der Waals surface area contributed by atoms with Crippen LogP contribution in [0.2, 0.25) is 0 Å². The Balaban J connectivity index is 2.04. The van der Waals surface area contributed by atoms with E-state index in [0.717, 1.165) is 24.8 Å². The lowest BCUT2D eigenvalue weighted by atomic mass is 9.88. The van der Waals surface area contributed by atoms with E-state index in [4.69, 9.17) is 0 Å². The van der Waals surface area contributed by atoms with Crippen molar-refractivity contribution >= 4 is 0 Å². The van der Waals surface area contributed by atoms with E-state index in [9.17, 15) is 0 Å². The third-order valence-corrected chi connectivity index (χ3v) is 2.81. The van der Waals surface area contributed by atoms with Crippen LogP contribution in [0, 0.1) is 11.8 Å². The highest BCUT2D eigenvalue weighted by molar-refractivity contribution is 5.00. The van der Waals surface area contributed by atoms with E-state index in [-0.39, 0.29) is 0 Å². The summed E-state index contributed by atoms with van der Waals surface area (Å²) in [6.45, 7) is 6.57. The quantitative estimate of drug-likeness (QED) is 0.739. The Morgan fingerprint density at radius 3 is 2.93 bits per heavy atom. The first kappa shape index (κ1) is 9.58. The van der Waals surface area contributed by atoms with Gasteiger partial charge < -0.3 is 5.32 Å². The summed E-state index contributed by atoms with van der Waals surface area (Å²) >= 11 is 0. The summed E-state index contributed by atoms with van der Waals surface area (Å²) in [5.74, 6) is 2.69. The molecule has 2 atom stereocenters. The second kappa shape index (κ2) is 4.04. The zero-order valence-electron chi connectivity index (χ0n) is 8.70. The van der Waals surface area contributed by atoms with Gasteiger partial charge in [0.1, 0.15) is 0 Å². The number of aromatic nitrogens is 4. The molecule has 14 heavy (non-hydrogen) atoms. The molecule has 2 N–H and O–H groups in total. The molecule has 0 saturated carbocycles. The number of rotatable bonds is 3. The molecule has 2 unspecified atom stereocenters. The van der Waals surface area contributed by atoms with Gasteiger partial charge in [-0.1, -0.05) is 19.1 Å². The molecule has 5 nitrogen and oxygen atoms in total. The third kappa shape index (κ3) is 1.92. The highest BCUT2D eigenvalue weighted by Crippen LogP contribution is 2.29. The summed E-state index contributed by atoms with van der Waals surface area (Å²) in [6.07, 6.45) is 1.23. The van der Waals surface area contributed by atoms with Gasteiger partial charge in [-0.3, -0.25) is 0 Å². The molecular formula is C9H17N5. The fourth-order valence-electron chi connectivity index (χ4n) is 2.21. The second-order valence-corrected chi connectivity index (χ2v) is 4.42. The van der Waals surface area contributed by atoms with E-state index in [1.54, 1.807) is 0 Å². The maximum atomic E-state index is 4.07. The number of hydrogen-bond donors (Lipinski definition) is 2. The number of nitrogens with zero attached hydrogens (tertiary/aromatic N) is 3. The normalized spacial score (nSPS) is 27.4. The first-order valence-electron chi connectivity index (χ1n) is 5.21. The van der Waals surface area contributed by atoms with Gasteiger partial charge in [-0.15, -0.1) is 10.2 Å². The van der Waals surface area contributed by atoms with E-state index in [1.165, 1.54) is 6.42 Å². The van der Waals surface area contributed by atoms with Crippen LogP contribution in [0.1, 0.15) is 32.0 Å². The molecule has 2 heterocycles. The summed E-state index contributed by atoms with van der Waals surface area (Å²) < 4.78 is 0. The first-order chi connectivity index (χ1) is 6.77. The van der Waals surface area contributed by atoms with Crippen molar-refractivity contribution in [2.45, 2.75) is 26.2 Å². The van der Waals surface area contributed by atoms with Crippen molar-refractivity contribution in [1.29, 1.82) is 0 Å². The van der Waals surface area contributed by atoms with Gasteiger partial charge in [0.15, 0.2) is 5.82 Å². The Kier molecular flexibility index (Phi) is 2.77. The largest absolute Gasteiger partial charge is 0.316 e. The molecule has 1 aromatic rings. The molecule has 2 rings (SSSR count). The summed E-state index contributed by atoms with van der Waals surface area (Å²) in [6, 6.07) is 0. The highest BCUT2D eigenvalue weighted by atomic mass is 15.5. The Labute approximate surface area is 83.7 Å². The van der Waals surface area contributed by atoms with E-state index < -0.39 is 0 Å². The third-order valence-electron chi connectivity index (χ3n) is 2.81. The van der Waals surface area contributed by atoms with Crippen molar-refractivity contribution in [2.75, 3.05) is 13.1 Å². The van der Waals surface area contributed by atoms with Crippen molar-refractivity contribution in [3.05, 3.63) is 5.82 Å². The minimum atomic E-state index is 0.441. The van der Waals surface area contributed by atoms with Crippen LogP contribution in [0.4, 0.5) is 0 Å². The standard InChI is InChI=1S/C9H17N5/c1-6(2)3-7-4-10-5-8(7)9-11-13-14-12-9/h6-8,10H,3-5H2,1-2H3,(H,11,12,13,14). The minimum absolute atomic E-state index is 0.441. The van der Waals surface area contributed by atoms with E-state index in [1.807, 2.05) is 0 Å². The van der Waals surface area contributed by atoms with Crippen molar-refractivity contribution < 1.29 is 0 Å². The molecule has 1 aromatic heterocycles. The highest BCUT2D eigenvalue weighted by Gasteiger charge is 2.31. The van der Waals surface area contributed by atoms with Crippen LogP contribution < -0.4 is 5.32 Å². The minimum Gasteiger partial charge on any atom is -0.316 e. The topological polar surface area (TPSA) is 66.5 Å². The fraction of sp³-hybridized carbons (Fsp3) is 0.889. The average Bonchev–Trinajstić information content (AvgIpc) is 2.70. The second-order valence-electron chi connectivity index (χ2n) is 4.42. The van der Waals surface area contributed by atoms with Crippen LogP contribution in [0.3, 0.4) is 0 Å². The molecular weight excluding hydrogens is 178 g/mol. The monoisotopic (exact) mass is 195 g/mol. The maximum Gasteiger partial charge on any atom is 0.179 e. The summed E-state index contributed by atoms with van der Waals surface area (Å²) in [5.41, 5.74) is 0. The van der Waals surface area contributed by atoms with Gasteiger partial charge in [0.25, 0.3) is 0 Å². The molecule has 0 aliphatic carbocycles.